The Morgan fingerprint density at radius 1 is 1.35 bits per heavy atom. The van der Waals surface area contributed by atoms with Crippen molar-refractivity contribution in [3.63, 3.8) is 0 Å². The molecule has 0 aliphatic carbocycles. The molecule has 1 heterocycles. The number of nitrogens with zero attached hydrogens (tertiary/aromatic N) is 1. The fourth-order valence-electron chi connectivity index (χ4n) is 3.04. The minimum atomic E-state index is -0.769. The summed E-state index contributed by atoms with van der Waals surface area (Å²) in [4.78, 5) is 24.9. The smallest absolute Gasteiger partial charge is 0.307 e. The summed E-state index contributed by atoms with van der Waals surface area (Å²) in [7, 11) is 0. The number of likely N-dealkylation sites (tertiary alicyclic amines) is 1. The summed E-state index contributed by atoms with van der Waals surface area (Å²) >= 11 is 0. The van der Waals surface area contributed by atoms with Gasteiger partial charge in [0.25, 0.3) is 0 Å². The van der Waals surface area contributed by atoms with Crippen LogP contribution in [0.5, 0.6) is 0 Å². The largest absolute Gasteiger partial charge is 0.481 e. The van der Waals surface area contributed by atoms with Crippen molar-refractivity contribution in [2.24, 2.45) is 5.92 Å². The van der Waals surface area contributed by atoms with Crippen molar-refractivity contribution in [3.05, 3.63) is 35.9 Å². The number of hydrogen-bond acceptors (Lipinski definition) is 4. The number of hydrogen-bond donors (Lipinski definition) is 2. The number of carbonyl (C=O) groups is 2. The van der Waals surface area contributed by atoms with Gasteiger partial charge in [0.2, 0.25) is 5.91 Å². The van der Waals surface area contributed by atoms with Crippen LogP contribution in [-0.4, -0.2) is 54.7 Å². The summed E-state index contributed by atoms with van der Waals surface area (Å²) in [5, 5.41) is 12.0. The Morgan fingerprint density at radius 2 is 2.08 bits per heavy atom. The molecule has 1 fully saturated rings. The second kappa shape index (κ2) is 11.9. The molecule has 146 valence electrons. The molecule has 26 heavy (non-hydrogen) atoms. The molecule has 0 radical (unpaired) electrons. The first-order chi connectivity index (χ1) is 12.1. The predicted octanol–water partition coefficient (Wildman–Crippen LogP) is 2.49. The highest BCUT2D eigenvalue weighted by atomic mass is 35.5. The van der Waals surface area contributed by atoms with Gasteiger partial charge in [-0.1, -0.05) is 30.3 Å². The van der Waals surface area contributed by atoms with E-state index in [-0.39, 0.29) is 36.9 Å². The molecule has 0 saturated carbocycles. The fraction of sp³-hybridized carbons (Fsp3) is 0.579. The number of carbonyl (C=O) groups excluding carboxylic acids is 1. The number of carboxylic acid groups (broad SMARTS) is 1. The van der Waals surface area contributed by atoms with Crippen LogP contribution >= 0.6 is 12.4 Å². The number of ether oxygens (including phenoxy) is 1. The van der Waals surface area contributed by atoms with Gasteiger partial charge >= 0.3 is 5.97 Å². The van der Waals surface area contributed by atoms with E-state index in [1.165, 1.54) is 0 Å². The number of rotatable bonds is 9. The van der Waals surface area contributed by atoms with E-state index < -0.39 is 5.97 Å². The number of nitrogens with one attached hydrogen (secondary N) is 1. The van der Waals surface area contributed by atoms with E-state index in [9.17, 15) is 9.59 Å². The van der Waals surface area contributed by atoms with Crippen LogP contribution in [0.4, 0.5) is 0 Å². The summed E-state index contributed by atoms with van der Waals surface area (Å²) < 4.78 is 5.77. The molecule has 1 aliphatic rings. The number of amides is 1. The molecule has 2 unspecified atom stereocenters. The van der Waals surface area contributed by atoms with Crippen molar-refractivity contribution < 1.29 is 19.4 Å². The van der Waals surface area contributed by atoms with Crippen molar-refractivity contribution in [3.8, 4) is 0 Å². The monoisotopic (exact) mass is 384 g/mol. The van der Waals surface area contributed by atoms with E-state index in [1.807, 2.05) is 42.2 Å². The molecule has 0 spiro atoms. The number of piperidine rings is 1. The van der Waals surface area contributed by atoms with Crippen molar-refractivity contribution in [1.29, 1.82) is 0 Å². The standard InChI is InChI=1S/C19H28N2O4.ClH/c1-15(16-7-3-2-4-8-16)25-12-6-10-20-18(22)14-21-11-5-9-17(13-21)19(23)24;/h2-4,7-8,15,17H,5-6,9-14H2,1H3,(H,20,22)(H,23,24);1H. The van der Waals surface area contributed by atoms with Crippen LogP contribution in [0.15, 0.2) is 30.3 Å². The lowest BCUT2D eigenvalue weighted by Gasteiger charge is -2.29. The summed E-state index contributed by atoms with van der Waals surface area (Å²) in [6, 6.07) is 10.0. The Kier molecular flexibility index (Phi) is 10.2. The van der Waals surface area contributed by atoms with Gasteiger partial charge in [-0.3, -0.25) is 14.5 Å². The van der Waals surface area contributed by atoms with Crippen LogP contribution in [-0.2, 0) is 14.3 Å². The molecule has 1 aliphatic heterocycles. The second-order valence-corrected chi connectivity index (χ2v) is 6.54. The average molecular weight is 385 g/mol. The first-order valence-corrected chi connectivity index (χ1v) is 8.94. The molecule has 1 aromatic carbocycles. The van der Waals surface area contributed by atoms with E-state index in [0.717, 1.165) is 24.9 Å². The lowest BCUT2D eigenvalue weighted by Crippen LogP contribution is -2.44. The van der Waals surface area contributed by atoms with Gasteiger partial charge in [0.15, 0.2) is 0 Å². The molecule has 0 bridgehead atoms. The highest BCUT2D eigenvalue weighted by Gasteiger charge is 2.26. The van der Waals surface area contributed by atoms with Crippen LogP contribution in [0.2, 0.25) is 0 Å². The molecule has 7 heteroatoms. The normalized spacial score (nSPS) is 18.6. The highest BCUT2D eigenvalue weighted by molar-refractivity contribution is 5.85. The van der Waals surface area contributed by atoms with Gasteiger partial charge in [-0.2, -0.15) is 0 Å². The molecule has 1 aromatic rings. The fourth-order valence-corrected chi connectivity index (χ4v) is 3.04. The molecule has 2 rings (SSSR count). The van der Waals surface area contributed by atoms with Crippen molar-refractivity contribution in [2.45, 2.75) is 32.3 Å². The molecule has 0 aromatic heterocycles. The van der Waals surface area contributed by atoms with Crippen LogP contribution in [0.25, 0.3) is 0 Å². The minimum Gasteiger partial charge on any atom is -0.481 e. The summed E-state index contributed by atoms with van der Waals surface area (Å²) in [6.07, 6.45) is 2.32. The molecule has 1 saturated heterocycles. The maximum absolute atomic E-state index is 12.0. The molecule has 1 amide bonds. The maximum atomic E-state index is 12.0. The SMILES string of the molecule is CC(OCCCNC(=O)CN1CCCC(C(=O)O)C1)c1ccccc1.Cl. The van der Waals surface area contributed by atoms with Crippen LogP contribution in [0.3, 0.4) is 0 Å². The van der Waals surface area contributed by atoms with Gasteiger partial charge in [0, 0.05) is 19.7 Å². The topological polar surface area (TPSA) is 78.9 Å². The molecular formula is C19H29ClN2O4. The molecule has 2 atom stereocenters. The van der Waals surface area contributed by atoms with Gasteiger partial charge in [-0.15, -0.1) is 12.4 Å². The summed E-state index contributed by atoms with van der Waals surface area (Å²) in [6.45, 7) is 4.68. The Morgan fingerprint density at radius 3 is 2.77 bits per heavy atom. The van der Waals surface area contributed by atoms with Gasteiger partial charge < -0.3 is 15.2 Å². The van der Waals surface area contributed by atoms with Crippen LogP contribution in [0.1, 0.15) is 37.9 Å². The predicted molar refractivity (Wildman–Crippen MR) is 102 cm³/mol. The Labute approximate surface area is 161 Å². The van der Waals surface area contributed by atoms with Gasteiger partial charge in [-0.05, 0) is 38.3 Å². The van der Waals surface area contributed by atoms with Crippen molar-refractivity contribution >= 4 is 24.3 Å². The number of halogens is 1. The third kappa shape index (κ3) is 7.72. The van der Waals surface area contributed by atoms with E-state index >= 15 is 0 Å². The zero-order chi connectivity index (χ0) is 18.1. The van der Waals surface area contributed by atoms with E-state index in [4.69, 9.17) is 9.84 Å². The Balaban J connectivity index is 0.00000338. The number of benzene rings is 1. The first-order valence-electron chi connectivity index (χ1n) is 8.94. The lowest BCUT2D eigenvalue weighted by molar-refractivity contribution is -0.144. The van der Waals surface area contributed by atoms with Crippen LogP contribution in [0, 0.1) is 5.92 Å². The van der Waals surface area contributed by atoms with Crippen molar-refractivity contribution in [2.75, 3.05) is 32.8 Å². The van der Waals surface area contributed by atoms with Gasteiger partial charge in [0.1, 0.15) is 0 Å². The van der Waals surface area contributed by atoms with E-state index in [1.54, 1.807) is 0 Å². The van der Waals surface area contributed by atoms with E-state index in [0.29, 0.717) is 26.1 Å². The minimum absolute atomic E-state index is 0. The Hall–Kier alpha value is -1.63. The molecule has 6 nitrogen and oxygen atoms in total. The zero-order valence-electron chi connectivity index (χ0n) is 15.2. The van der Waals surface area contributed by atoms with Crippen molar-refractivity contribution in [1.82, 2.24) is 10.2 Å². The highest BCUT2D eigenvalue weighted by Crippen LogP contribution is 2.16. The molecular weight excluding hydrogens is 356 g/mol. The summed E-state index contributed by atoms with van der Waals surface area (Å²) in [5.41, 5.74) is 1.14. The maximum Gasteiger partial charge on any atom is 0.307 e. The number of carboxylic acids is 1. The quantitative estimate of drug-likeness (QED) is 0.639. The number of aliphatic carboxylic acids is 1. The molecule has 2 N–H and O–H groups in total. The van der Waals surface area contributed by atoms with E-state index in [2.05, 4.69) is 5.32 Å². The third-order valence-corrected chi connectivity index (χ3v) is 4.50. The lowest BCUT2D eigenvalue weighted by atomic mass is 9.98. The van der Waals surface area contributed by atoms with Gasteiger partial charge in [-0.25, -0.2) is 0 Å². The van der Waals surface area contributed by atoms with Crippen LogP contribution < -0.4 is 5.32 Å². The first kappa shape index (κ1) is 22.4. The summed E-state index contributed by atoms with van der Waals surface area (Å²) in [5.74, 6) is -1.17. The third-order valence-electron chi connectivity index (χ3n) is 4.50. The second-order valence-electron chi connectivity index (χ2n) is 6.54. The van der Waals surface area contributed by atoms with Gasteiger partial charge in [0.05, 0.1) is 18.6 Å². The Bertz CT molecular complexity index is 556. The zero-order valence-corrected chi connectivity index (χ0v) is 16.0. The average Bonchev–Trinajstić information content (AvgIpc) is 2.62.